The first-order valence-corrected chi connectivity index (χ1v) is 7.74. The molecule has 0 saturated heterocycles. The molecule has 3 nitrogen and oxygen atoms in total. The minimum absolute atomic E-state index is 0.0604. The van der Waals surface area contributed by atoms with Crippen LogP contribution in [-0.2, 0) is 18.4 Å². The Bertz CT molecular complexity index is 771. The van der Waals surface area contributed by atoms with E-state index < -0.39 is 17.2 Å². The molecule has 2 aromatic rings. The summed E-state index contributed by atoms with van der Waals surface area (Å²) in [4.78, 5) is 3.04. The van der Waals surface area contributed by atoms with Crippen LogP contribution in [0, 0.1) is 16.4 Å². The molecule has 0 amide bonds. The number of nitrogens with zero attached hydrogens (tertiary/aromatic N) is 1. The lowest BCUT2D eigenvalue weighted by Crippen LogP contribution is -2.34. The maximum absolute atomic E-state index is 13.9. The average Bonchev–Trinajstić information content (AvgIpc) is 2.79. The molecule has 1 aromatic carbocycles. The topological polar surface area (TPSA) is 46.7 Å². The summed E-state index contributed by atoms with van der Waals surface area (Å²) in [5.74, 6) is -0.987. The maximum Gasteiger partial charge on any atom is 0.177 e. The summed E-state index contributed by atoms with van der Waals surface area (Å²) in [7, 11) is 0. The van der Waals surface area contributed by atoms with Crippen LogP contribution in [0.15, 0.2) is 18.3 Å². The number of nitrogens with two attached hydrogens (primary N) is 1. The molecular weight excluding hydrogens is 304 g/mol. The zero-order valence-corrected chi connectivity index (χ0v) is 13.4. The van der Waals surface area contributed by atoms with Gasteiger partial charge in [0, 0.05) is 18.3 Å². The zero-order valence-electron chi connectivity index (χ0n) is 12.6. The predicted octanol–water partition coefficient (Wildman–Crippen LogP) is 3.75. The van der Waals surface area contributed by atoms with Crippen LogP contribution >= 0.6 is 12.2 Å². The molecule has 0 spiro atoms. The van der Waals surface area contributed by atoms with E-state index in [1.165, 1.54) is 6.07 Å². The van der Waals surface area contributed by atoms with E-state index >= 15 is 0 Å². The highest BCUT2D eigenvalue weighted by atomic mass is 32.1. The van der Waals surface area contributed by atoms with E-state index in [0.717, 1.165) is 23.7 Å². The number of hydrogen-bond acceptors (Lipinski definition) is 2. The Morgan fingerprint density at radius 2 is 2.09 bits per heavy atom. The fraction of sp³-hybridized carbons (Fsp3) is 0.438. The van der Waals surface area contributed by atoms with Gasteiger partial charge < -0.3 is 15.3 Å². The molecule has 0 saturated carbocycles. The first-order chi connectivity index (χ1) is 10.3. The number of rotatable bonds is 2. The molecule has 22 heavy (non-hydrogen) atoms. The van der Waals surface area contributed by atoms with Gasteiger partial charge >= 0.3 is 0 Å². The standard InChI is InChI=1S/C16H19F2N3S/c1-16(2,19)14-8-20-15(22)21(14)11-3-4-12-9(6-11)5-10(17)7-13(12)18/h5,7-8,11H,3-4,6,19H2,1-2H3,(H,20,22). The van der Waals surface area contributed by atoms with Crippen LogP contribution in [0.3, 0.4) is 0 Å². The van der Waals surface area contributed by atoms with Gasteiger partial charge in [-0.1, -0.05) is 0 Å². The zero-order chi connectivity index (χ0) is 16.1. The van der Waals surface area contributed by atoms with Crippen LogP contribution in [-0.4, -0.2) is 9.55 Å². The SMILES string of the molecule is CC(C)(N)c1c[nH]c(=S)n1C1CCc2c(F)cc(F)cc2C1. The highest BCUT2D eigenvalue weighted by Crippen LogP contribution is 2.33. The van der Waals surface area contributed by atoms with E-state index in [0.29, 0.717) is 23.2 Å². The molecule has 1 heterocycles. The molecule has 0 fully saturated rings. The summed E-state index contributed by atoms with van der Waals surface area (Å²) in [6.07, 6.45) is 3.71. The molecule has 1 aliphatic rings. The summed E-state index contributed by atoms with van der Waals surface area (Å²) in [6, 6.07) is 2.44. The van der Waals surface area contributed by atoms with Crippen molar-refractivity contribution in [1.29, 1.82) is 0 Å². The Morgan fingerprint density at radius 3 is 2.77 bits per heavy atom. The Hall–Kier alpha value is -1.53. The Kier molecular flexibility index (Phi) is 3.69. The molecule has 1 aliphatic carbocycles. The summed E-state index contributed by atoms with van der Waals surface area (Å²) in [5.41, 5.74) is 7.92. The van der Waals surface area contributed by atoms with E-state index in [4.69, 9.17) is 18.0 Å². The summed E-state index contributed by atoms with van der Waals surface area (Å²) in [6.45, 7) is 3.83. The van der Waals surface area contributed by atoms with Crippen molar-refractivity contribution in [2.75, 3.05) is 0 Å². The smallest absolute Gasteiger partial charge is 0.177 e. The van der Waals surface area contributed by atoms with Crippen molar-refractivity contribution in [3.8, 4) is 0 Å². The first kappa shape index (κ1) is 15.4. The van der Waals surface area contributed by atoms with Crippen LogP contribution in [0.2, 0.25) is 0 Å². The van der Waals surface area contributed by atoms with Crippen LogP contribution < -0.4 is 5.73 Å². The van der Waals surface area contributed by atoms with Crippen LogP contribution in [0.4, 0.5) is 8.78 Å². The lowest BCUT2D eigenvalue weighted by Gasteiger charge is -2.30. The number of halogens is 2. The van der Waals surface area contributed by atoms with E-state index in [-0.39, 0.29) is 6.04 Å². The van der Waals surface area contributed by atoms with Crippen molar-refractivity contribution in [2.45, 2.75) is 44.7 Å². The van der Waals surface area contributed by atoms with Crippen molar-refractivity contribution in [1.82, 2.24) is 9.55 Å². The van der Waals surface area contributed by atoms with Gasteiger partial charge in [0.2, 0.25) is 0 Å². The number of imidazole rings is 1. The second-order valence-corrected chi connectivity index (χ2v) is 6.88. The monoisotopic (exact) mass is 323 g/mol. The molecule has 1 unspecified atom stereocenters. The summed E-state index contributed by atoms with van der Waals surface area (Å²) >= 11 is 5.38. The summed E-state index contributed by atoms with van der Waals surface area (Å²) < 4.78 is 29.9. The molecule has 6 heteroatoms. The number of fused-ring (bicyclic) bond motifs is 1. The molecule has 3 rings (SSSR count). The molecule has 1 aromatic heterocycles. The third-order valence-corrected chi connectivity index (χ3v) is 4.59. The Balaban J connectivity index is 2.03. The van der Waals surface area contributed by atoms with Gasteiger partial charge in [-0.2, -0.15) is 0 Å². The first-order valence-electron chi connectivity index (χ1n) is 7.33. The van der Waals surface area contributed by atoms with Gasteiger partial charge in [-0.15, -0.1) is 0 Å². The minimum atomic E-state index is -0.541. The second kappa shape index (κ2) is 5.28. The fourth-order valence-electron chi connectivity index (χ4n) is 3.24. The van der Waals surface area contributed by atoms with Crippen LogP contribution in [0.25, 0.3) is 0 Å². The summed E-state index contributed by atoms with van der Waals surface area (Å²) in [5, 5.41) is 0. The van der Waals surface area contributed by atoms with Gasteiger partial charge in [0.25, 0.3) is 0 Å². The van der Waals surface area contributed by atoms with Gasteiger partial charge in [0.05, 0.1) is 11.2 Å². The van der Waals surface area contributed by atoms with Crippen LogP contribution in [0.5, 0.6) is 0 Å². The van der Waals surface area contributed by atoms with Gasteiger partial charge in [-0.25, -0.2) is 8.78 Å². The molecular formula is C16H19F2N3S. The number of aromatic nitrogens is 2. The largest absolute Gasteiger partial charge is 0.337 e. The van der Waals surface area contributed by atoms with Gasteiger partial charge in [0.15, 0.2) is 4.77 Å². The normalized spacial score (nSPS) is 18.3. The van der Waals surface area contributed by atoms with Crippen molar-refractivity contribution in [3.05, 3.63) is 51.6 Å². The van der Waals surface area contributed by atoms with Gasteiger partial charge in [-0.05, 0) is 62.5 Å². The minimum Gasteiger partial charge on any atom is -0.337 e. The van der Waals surface area contributed by atoms with Gasteiger partial charge in [-0.3, -0.25) is 0 Å². The van der Waals surface area contributed by atoms with Crippen molar-refractivity contribution in [2.24, 2.45) is 5.73 Å². The van der Waals surface area contributed by atoms with Gasteiger partial charge in [0.1, 0.15) is 11.6 Å². The van der Waals surface area contributed by atoms with E-state index in [1.807, 2.05) is 24.6 Å². The second-order valence-electron chi connectivity index (χ2n) is 6.49. The number of benzene rings is 1. The van der Waals surface area contributed by atoms with Crippen molar-refractivity contribution >= 4 is 12.2 Å². The lowest BCUT2D eigenvalue weighted by molar-refractivity contribution is 0.386. The highest BCUT2D eigenvalue weighted by Gasteiger charge is 2.28. The number of H-pyrrole nitrogens is 1. The molecule has 3 N–H and O–H groups in total. The lowest BCUT2D eigenvalue weighted by atomic mass is 9.87. The number of nitrogens with one attached hydrogen (secondary N) is 1. The third kappa shape index (κ3) is 2.61. The molecule has 1 atom stereocenters. The third-order valence-electron chi connectivity index (χ3n) is 4.27. The van der Waals surface area contributed by atoms with E-state index in [1.54, 1.807) is 0 Å². The van der Waals surface area contributed by atoms with Crippen molar-refractivity contribution in [3.63, 3.8) is 0 Å². The maximum atomic E-state index is 13.9. The number of aromatic amines is 1. The van der Waals surface area contributed by atoms with E-state index in [2.05, 4.69) is 4.98 Å². The number of hydrogen-bond donors (Lipinski definition) is 2. The fourth-order valence-corrected chi connectivity index (χ4v) is 3.55. The molecule has 0 bridgehead atoms. The highest BCUT2D eigenvalue weighted by molar-refractivity contribution is 7.71. The Morgan fingerprint density at radius 1 is 1.36 bits per heavy atom. The van der Waals surface area contributed by atoms with Crippen molar-refractivity contribution < 1.29 is 8.78 Å². The average molecular weight is 323 g/mol. The van der Waals surface area contributed by atoms with Crippen LogP contribution in [0.1, 0.15) is 43.1 Å². The molecule has 118 valence electrons. The predicted molar refractivity (Wildman–Crippen MR) is 84.3 cm³/mol. The van der Waals surface area contributed by atoms with E-state index in [9.17, 15) is 8.78 Å². The molecule has 0 aliphatic heterocycles. The quantitative estimate of drug-likeness (QED) is 0.827. The Labute approximate surface area is 133 Å². The molecule has 0 radical (unpaired) electrons.